The lowest BCUT2D eigenvalue weighted by atomic mass is 9.87. The van der Waals surface area contributed by atoms with Gasteiger partial charge in [-0.05, 0) is 37.1 Å². The SMILES string of the molecule is O=C(OC(=O)C(F)(F)F)C1CCN(Cc2cccc(Nc3ncns3)n2)C(c2ccccc2)C1. The molecular formula is C22H20F3N5O3S. The summed E-state index contributed by atoms with van der Waals surface area (Å²) < 4.78 is 45.6. The number of halogens is 3. The Hall–Kier alpha value is -3.38. The van der Waals surface area contributed by atoms with Crippen LogP contribution in [0.25, 0.3) is 0 Å². The highest BCUT2D eigenvalue weighted by Gasteiger charge is 2.44. The molecule has 0 spiro atoms. The van der Waals surface area contributed by atoms with Crippen molar-refractivity contribution in [2.45, 2.75) is 31.6 Å². The van der Waals surface area contributed by atoms with Gasteiger partial charge in [0.05, 0.1) is 11.6 Å². The fourth-order valence-corrected chi connectivity index (χ4v) is 4.29. The molecule has 2 atom stereocenters. The number of nitrogens with one attached hydrogen (secondary N) is 1. The molecule has 1 N–H and O–H groups in total. The van der Waals surface area contributed by atoms with E-state index in [-0.39, 0.29) is 18.9 Å². The number of likely N-dealkylation sites (tertiary alicyclic amines) is 1. The number of benzene rings is 1. The molecule has 1 aliphatic rings. The first-order valence-electron chi connectivity index (χ1n) is 10.4. The molecule has 0 amide bonds. The van der Waals surface area contributed by atoms with E-state index in [4.69, 9.17) is 0 Å². The van der Waals surface area contributed by atoms with Crippen molar-refractivity contribution in [1.29, 1.82) is 0 Å². The van der Waals surface area contributed by atoms with Gasteiger partial charge in [0.25, 0.3) is 0 Å². The lowest BCUT2D eigenvalue weighted by Gasteiger charge is -2.38. The molecule has 1 saturated heterocycles. The lowest BCUT2D eigenvalue weighted by molar-refractivity contribution is -0.203. The molecule has 1 aromatic carbocycles. The summed E-state index contributed by atoms with van der Waals surface area (Å²) in [5, 5.41) is 3.70. The van der Waals surface area contributed by atoms with E-state index < -0.39 is 24.0 Å². The van der Waals surface area contributed by atoms with Gasteiger partial charge in [0.1, 0.15) is 12.1 Å². The van der Waals surface area contributed by atoms with Crippen LogP contribution in [-0.4, -0.2) is 43.9 Å². The summed E-state index contributed by atoms with van der Waals surface area (Å²) in [6.07, 6.45) is -3.29. The van der Waals surface area contributed by atoms with Crippen LogP contribution in [0.15, 0.2) is 54.9 Å². The van der Waals surface area contributed by atoms with Gasteiger partial charge in [-0.2, -0.15) is 17.5 Å². The monoisotopic (exact) mass is 491 g/mol. The second-order valence-electron chi connectivity index (χ2n) is 7.71. The Kier molecular flexibility index (Phi) is 7.17. The van der Waals surface area contributed by atoms with Crippen molar-refractivity contribution in [3.63, 3.8) is 0 Å². The van der Waals surface area contributed by atoms with Crippen LogP contribution in [0.2, 0.25) is 0 Å². The van der Waals surface area contributed by atoms with Gasteiger partial charge in [-0.15, -0.1) is 0 Å². The van der Waals surface area contributed by atoms with Crippen molar-refractivity contribution in [2.24, 2.45) is 5.92 Å². The van der Waals surface area contributed by atoms with Crippen molar-refractivity contribution in [1.82, 2.24) is 19.2 Å². The maximum absolute atomic E-state index is 12.5. The summed E-state index contributed by atoms with van der Waals surface area (Å²) in [4.78, 5) is 34.2. The van der Waals surface area contributed by atoms with Crippen molar-refractivity contribution in [2.75, 3.05) is 11.9 Å². The van der Waals surface area contributed by atoms with E-state index in [1.165, 1.54) is 17.9 Å². The third-order valence-corrected chi connectivity index (χ3v) is 6.00. The molecule has 0 bridgehead atoms. The number of rotatable bonds is 6. The molecule has 3 aromatic rings. The number of aromatic nitrogens is 3. The number of esters is 2. The van der Waals surface area contributed by atoms with Gasteiger partial charge >= 0.3 is 18.1 Å². The van der Waals surface area contributed by atoms with Crippen LogP contribution < -0.4 is 5.32 Å². The normalized spacial score (nSPS) is 18.9. The highest BCUT2D eigenvalue weighted by Crippen LogP contribution is 2.36. The molecule has 2 unspecified atom stereocenters. The summed E-state index contributed by atoms with van der Waals surface area (Å²) in [5.41, 5.74) is 1.68. The third kappa shape index (κ3) is 5.94. The minimum absolute atomic E-state index is 0.219. The van der Waals surface area contributed by atoms with Crippen molar-refractivity contribution >= 4 is 34.4 Å². The van der Waals surface area contributed by atoms with Gasteiger partial charge in [0, 0.05) is 24.1 Å². The van der Waals surface area contributed by atoms with Crippen LogP contribution in [0.5, 0.6) is 0 Å². The Labute approximate surface area is 197 Å². The van der Waals surface area contributed by atoms with Gasteiger partial charge in [-0.3, -0.25) is 9.69 Å². The van der Waals surface area contributed by atoms with E-state index in [2.05, 4.69) is 29.3 Å². The molecular weight excluding hydrogens is 471 g/mol. The molecule has 12 heteroatoms. The third-order valence-electron chi connectivity index (χ3n) is 5.42. The zero-order valence-electron chi connectivity index (χ0n) is 17.7. The molecule has 3 heterocycles. The van der Waals surface area contributed by atoms with Crippen LogP contribution in [-0.2, 0) is 20.9 Å². The van der Waals surface area contributed by atoms with Gasteiger partial charge in [0.15, 0.2) is 0 Å². The number of alkyl halides is 3. The zero-order valence-corrected chi connectivity index (χ0v) is 18.6. The van der Waals surface area contributed by atoms with Crippen molar-refractivity contribution in [3.05, 3.63) is 66.1 Å². The maximum Gasteiger partial charge on any atom is 0.491 e. The summed E-state index contributed by atoms with van der Waals surface area (Å²) >= 11 is 1.20. The van der Waals surface area contributed by atoms with Gasteiger partial charge in [-0.25, -0.2) is 14.8 Å². The number of hydrogen-bond donors (Lipinski definition) is 1. The molecule has 34 heavy (non-hydrogen) atoms. The average molecular weight is 491 g/mol. The quantitative estimate of drug-likeness (QED) is 0.404. The molecule has 8 nitrogen and oxygen atoms in total. The zero-order chi connectivity index (χ0) is 24.1. The Morgan fingerprint density at radius 1 is 1.15 bits per heavy atom. The Morgan fingerprint density at radius 2 is 1.94 bits per heavy atom. The van der Waals surface area contributed by atoms with Crippen LogP contribution in [0.1, 0.15) is 30.1 Å². The highest BCUT2D eigenvalue weighted by molar-refractivity contribution is 7.09. The second-order valence-corrected chi connectivity index (χ2v) is 8.49. The molecule has 4 rings (SSSR count). The van der Waals surface area contributed by atoms with E-state index in [0.717, 1.165) is 11.3 Å². The first kappa shape index (κ1) is 23.8. The number of carbonyl (C=O) groups is 2. The first-order valence-corrected chi connectivity index (χ1v) is 11.2. The predicted molar refractivity (Wildman–Crippen MR) is 117 cm³/mol. The van der Waals surface area contributed by atoms with Crippen LogP contribution in [0.4, 0.5) is 24.1 Å². The molecule has 178 valence electrons. The largest absolute Gasteiger partial charge is 0.491 e. The van der Waals surface area contributed by atoms with E-state index in [0.29, 0.717) is 24.0 Å². The van der Waals surface area contributed by atoms with Gasteiger partial charge in [0.2, 0.25) is 5.13 Å². The Bertz CT molecular complexity index is 1130. The number of pyridine rings is 1. The topological polar surface area (TPSA) is 97.3 Å². The van der Waals surface area contributed by atoms with Crippen molar-refractivity contribution in [3.8, 4) is 0 Å². The standard InChI is InChI=1S/C22H20F3N5O3S/c23-22(24,25)20(32)33-19(31)15-9-10-30(17(11-15)14-5-2-1-3-6-14)12-16-7-4-8-18(28-16)29-21-26-13-27-34-21/h1-8,13,15,17H,9-12H2,(H,26,27,28,29). The summed E-state index contributed by atoms with van der Waals surface area (Å²) in [6.45, 7) is 0.865. The fourth-order valence-electron chi connectivity index (χ4n) is 3.85. The van der Waals surface area contributed by atoms with Crippen LogP contribution in [0.3, 0.4) is 0 Å². The average Bonchev–Trinajstić information content (AvgIpc) is 3.32. The summed E-state index contributed by atoms with van der Waals surface area (Å²) in [7, 11) is 0. The second kappa shape index (κ2) is 10.3. The van der Waals surface area contributed by atoms with Crippen LogP contribution in [0, 0.1) is 5.92 Å². The number of anilines is 2. The minimum Gasteiger partial charge on any atom is -0.386 e. The molecule has 2 aromatic heterocycles. The maximum atomic E-state index is 12.5. The number of hydrogen-bond acceptors (Lipinski definition) is 9. The summed E-state index contributed by atoms with van der Waals surface area (Å²) in [6, 6.07) is 14.6. The van der Waals surface area contributed by atoms with E-state index in [1.807, 2.05) is 42.5 Å². The lowest BCUT2D eigenvalue weighted by Crippen LogP contribution is -2.40. The van der Waals surface area contributed by atoms with E-state index >= 15 is 0 Å². The number of piperidine rings is 1. The molecule has 0 radical (unpaired) electrons. The number of nitrogens with zero attached hydrogens (tertiary/aromatic N) is 4. The number of carbonyl (C=O) groups excluding carboxylic acids is 2. The highest BCUT2D eigenvalue weighted by atomic mass is 32.1. The Balaban J connectivity index is 1.49. The Morgan fingerprint density at radius 3 is 2.65 bits per heavy atom. The molecule has 1 aliphatic heterocycles. The molecule has 1 fully saturated rings. The van der Waals surface area contributed by atoms with E-state index in [1.54, 1.807) is 6.07 Å². The first-order chi connectivity index (χ1) is 16.3. The van der Waals surface area contributed by atoms with Crippen molar-refractivity contribution < 1.29 is 27.5 Å². The summed E-state index contributed by atoms with van der Waals surface area (Å²) in [5.74, 6) is -3.86. The van der Waals surface area contributed by atoms with Gasteiger partial charge in [-0.1, -0.05) is 36.4 Å². The molecule has 0 saturated carbocycles. The minimum atomic E-state index is -5.21. The molecule has 0 aliphatic carbocycles. The van der Waals surface area contributed by atoms with Gasteiger partial charge < -0.3 is 10.1 Å². The van der Waals surface area contributed by atoms with E-state index in [9.17, 15) is 22.8 Å². The smallest absolute Gasteiger partial charge is 0.386 e. The fraction of sp³-hybridized carbons (Fsp3) is 0.318. The predicted octanol–water partition coefficient (Wildman–Crippen LogP) is 4.26. The van der Waals surface area contributed by atoms with Crippen LogP contribution >= 0.6 is 11.5 Å². The number of ether oxygens (including phenoxy) is 1.